The maximum atomic E-state index is 13.7. The number of likely N-dealkylation sites (tertiary alicyclic amines) is 1. The normalized spacial score (nSPS) is 20.8. The van der Waals surface area contributed by atoms with Crippen LogP contribution in [-0.4, -0.2) is 51.5 Å². The third-order valence-electron chi connectivity index (χ3n) is 8.65. The Morgan fingerprint density at radius 2 is 1.95 bits per heavy atom. The number of benzene rings is 2. The lowest BCUT2D eigenvalue weighted by Gasteiger charge is -2.42. The van der Waals surface area contributed by atoms with Crippen LogP contribution >= 0.6 is 0 Å². The minimum atomic E-state index is -0.351. The standard InChI is InChI=1S/C31H34FN4O4/c1-21-25(30(37)35-15-6-5-9-28(35)33-21)14-18-36(20-39-31(38)23-7-3-2-4-8-23)16-12-22(13-17-36)29-26-11-10-24(32)19-27(26)40-34-29/h2-4,7-8,10-11,19,22H,5-6,9,12-18,20H2,1H3/q+1. The summed E-state index contributed by atoms with van der Waals surface area (Å²) in [4.78, 5) is 31.0. The number of nitrogens with zero attached hydrogens (tertiary/aromatic N) is 4. The van der Waals surface area contributed by atoms with Gasteiger partial charge >= 0.3 is 5.97 Å². The molecule has 0 N–H and O–H groups in total. The molecule has 2 aromatic carbocycles. The Morgan fingerprint density at radius 3 is 2.75 bits per heavy atom. The molecule has 2 aliphatic heterocycles. The van der Waals surface area contributed by atoms with Crippen LogP contribution in [0.1, 0.15) is 64.7 Å². The van der Waals surface area contributed by atoms with E-state index in [1.54, 1.807) is 18.2 Å². The van der Waals surface area contributed by atoms with Crippen molar-refractivity contribution in [3.8, 4) is 0 Å². The van der Waals surface area contributed by atoms with Crippen LogP contribution in [0.5, 0.6) is 0 Å². The van der Waals surface area contributed by atoms with Gasteiger partial charge in [-0.3, -0.25) is 13.8 Å². The Morgan fingerprint density at radius 1 is 1.15 bits per heavy atom. The van der Waals surface area contributed by atoms with Crippen molar-refractivity contribution in [1.82, 2.24) is 14.7 Å². The maximum Gasteiger partial charge on any atom is 0.342 e. The summed E-state index contributed by atoms with van der Waals surface area (Å²) in [6.07, 6.45) is 5.09. The Hall–Kier alpha value is -3.85. The van der Waals surface area contributed by atoms with Crippen LogP contribution in [0.3, 0.4) is 0 Å². The molecule has 8 nitrogen and oxygen atoms in total. The summed E-state index contributed by atoms with van der Waals surface area (Å²) in [5.41, 5.74) is 3.44. The predicted molar refractivity (Wildman–Crippen MR) is 147 cm³/mol. The van der Waals surface area contributed by atoms with Crippen LogP contribution in [0.15, 0.2) is 57.8 Å². The van der Waals surface area contributed by atoms with Crippen LogP contribution < -0.4 is 5.56 Å². The third kappa shape index (κ3) is 5.18. The molecule has 4 aromatic rings. The smallest absolute Gasteiger partial charge is 0.342 e. The number of ether oxygens (including phenoxy) is 1. The summed E-state index contributed by atoms with van der Waals surface area (Å²) in [5.74, 6) is 0.341. The van der Waals surface area contributed by atoms with E-state index < -0.39 is 0 Å². The molecule has 9 heteroatoms. The lowest BCUT2D eigenvalue weighted by Crippen LogP contribution is -2.55. The van der Waals surface area contributed by atoms with Crippen molar-refractivity contribution in [3.05, 3.63) is 93.0 Å². The van der Waals surface area contributed by atoms with E-state index in [0.29, 0.717) is 28.6 Å². The number of quaternary nitrogens is 1. The summed E-state index contributed by atoms with van der Waals surface area (Å²) in [6.45, 7) is 5.04. The molecule has 1 fully saturated rings. The molecule has 6 rings (SSSR count). The van der Waals surface area contributed by atoms with Crippen molar-refractivity contribution in [2.24, 2.45) is 0 Å². The first-order valence-electron chi connectivity index (χ1n) is 14.1. The molecule has 2 aromatic heterocycles. The van der Waals surface area contributed by atoms with Gasteiger partial charge in [0.05, 0.1) is 30.9 Å². The number of carbonyl (C=O) groups is 1. The first kappa shape index (κ1) is 26.4. The van der Waals surface area contributed by atoms with E-state index in [2.05, 4.69) is 5.16 Å². The van der Waals surface area contributed by atoms with E-state index in [0.717, 1.165) is 79.9 Å². The fourth-order valence-electron chi connectivity index (χ4n) is 6.25. The Labute approximate surface area is 232 Å². The highest BCUT2D eigenvalue weighted by Crippen LogP contribution is 2.35. The Kier molecular flexibility index (Phi) is 7.23. The van der Waals surface area contributed by atoms with Gasteiger partial charge in [0, 0.05) is 60.9 Å². The summed E-state index contributed by atoms with van der Waals surface area (Å²) in [5, 5.41) is 5.13. The fourth-order valence-corrected chi connectivity index (χ4v) is 6.25. The first-order valence-corrected chi connectivity index (χ1v) is 14.1. The molecule has 0 unspecified atom stereocenters. The number of hydrogen-bond acceptors (Lipinski definition) is 6. The molecule has 0 radical (unpaired) electrons. The molecule has 2 aliphatic rings. The zero-order chi connectivity index (χ0) is 27.7. The van der Waals surface area contributed by atoms with Crippen LogP contribution in [-0.2, 0) is 24.1 Å². The number of rotatable bonds is 7. The minimum Gasteiger partial charge on any atom is -0.411 e. The van der Waals surface area contributed by atoms with Gasteiger partial charge in [0.2, 0.25) is 6.73 Å². The number of hydrogen-bond donors (Lipinski definition) is 0. The van der Waals surface area contributed by atoms with Gasteiger partial charge in [-0.2, -0.15) is 0 Å². The topological polar surface area (TPSA) is 87.2 Å². The largest absolute Gasteiger partial charge is 0.411 e. The number of fused-ring (bicyclic) bond motifs is 2. The molecular weight excluding hydrogens is 511 g/mol. The summed E-state index contributed by atoms with van der Waals surface area (Å²) < 4.78 is 27.4. The van der Waals surface area contributed by atoms with Crippen molar-refractivity contribution in [2.45, 2.75) is 57.9 Å². The third-order valence-corrected chi connectivity index (χ3v) is 8.65. The quantitative estimate of drug-likeness (QED) is 0.242. The number of halogens is 1. The van der Waals surface area contributed by atoms with Gasteiger partial charge in [0.1, 0.15) is 11.6 Å². The average molecular weight is 546 g/mol. The molecule has 0 saturated carbocycles. The molecule has 40 heavy (non-hydrogen) atoms. The first-order chi connectivity index (χ1) is 19.4. The molecule has 0 spiro atoms. The second-order valence-corrected chi connectivity index (χ2v) is 11.2. The van der Waals surface area contributed by atoms with Gasteiger partial charge in [-0.25, -0.2) is 14.2 Å². The average Bonchev–Trinajstić information content (AvgIpc) is 3.39. The van der Waals surface area contributed by atoms with Crippen LogP contribution in [0, 0.1) is 12.7 Å². The summed E-state index contributed by atoms with van der Waals surface area (Å²) in [7, 11) is 0. The van der Waals surface area contributed by atoms with Crippen molar-refractivity contribution in [3.63, 3.8) is 0 Å². The van der Waals surface area contributed by atoms with Gasteiger partial charge in [-0.15, -0.1) is 0 Å². The van der Waals surface area contributed by atoms with Crippen molar-refractivity contribution < 1.29 is 22.9 Å². The number of piperidine rings is 1. The molecule has 4 heterocycles. The van der Waals surface area contributed by atoms with E-state index in [9.17, 15) is 14.0 Å². The van der Waals surface area contributed by atoms with Crippen molar-refractivity contribution in [1.29, 1.82) is 0 Å². The van der Waals surface area contributed by atoms with Gasteiger partial charge in [0.15, 0.2) is 5.58 Å². The maximum absolute atomic E-state index is 13.7. The zero-order valence-corrected chi connectivity index (χ0v) is 22.8. The SMILES string of the molecule is Cc1nc2n(c(=O)c1CC[N+]1(COC(=O)c3ccccc3)CCC(c3noc4cc(F)ccc34)CC1)CCCC2. The summed E-state index contributed by atoms with van der Waals surface area (Å²) in [6, 6.07) is 13.5. The van der Waals surface area contributed by atoms with Crippen LogP contribution in [0.25, 0.3) is 11.0 Å². The van der Waals surface area contributed by atoms with Gasteiger partial charge in [-0.1, -0.05) is 23.4 Å². The second kappa shape index (κ2) is 11.0. The molecule has 1 saturated heterocycles. The monoisotopic (exact) mass is 545 g/mol. The lowest BCUT2D eigenvalue weighted by atomic mass is 9.90. The van der Waals surface area contributed by atoms with Gasteiger partial charge < -0.3 is 9.26 Å². The fraction of sp³-hybridized carbons (Fsp3) is 0.419. The molecule has 0 bridgehead atoms. The zero-order valence-electron chi connectivity index (χ0n) is 22.8. The lowest BCUT2D eigenvalue weighted by molar-refractivity contribution is -0.947. The van der Waals surface area contributed by atoms with E-state index in [-0.39, 0.29) is 30.0 Å². The highest BCUT2D eigenvalue weighted by molar-refractivity contribution is 5.89. The predicted octanol–water partition coefficient (Wildman–Crippen LogP) is 4.92. The minimum absolute atomic E-state index is 0.0674. The van der Waals surface area contributed by atoms with Crippen molar-refractivity contribution >= 4 is 16.9 Å². The van der Waals surface area contributed by atoms with E-state index >= 15 is 0 Å². The van der Waals surface area contributed by atoms with E-state index in [1.165, 1.54) is 12.1 Å². The highest BCUT2D eigenvalue weighted by atomic mass is 19.1. The highest BCUT2D eigenvalue weighted by Gasteiger charge is 2.37. The number of esters is 1. The van der Waals surface area contributed by atoms with Crippen molar-refractivity contribution in [2.75, 3.05) is 26.4 Å². The van der Waals surface area contributed by atoms with E-state index in [4.69, 9.17) is 14.2 Å². The van der Waals surface area contributed by atoms with Crippen LogP contribution in [0.2, 0.25) is 0 Å². The van der Waals surface area contributed by atoms with Crippen LogP contribution in [0.4, 0.5) is 4.39 Å². The number of aryl methyl sites for hydroxylation is 2. The van der Waals surface area contributed by atoms with Gasteiger partial charge in [0.25, 0.3) is 5.56 Å². The molecule has 0 aliphatic carbocycles. The molecular formula is C31H34FN4O4+. The molecule has 208 valence electrons. The second-order valence-electron chi connectivity index (χ2n) is 11.2. The Bertz CT molecular complexity index is 1590. The summed E-state index contributed by atoms with van der Waals surface area (Å²) >= 11 is 0. The Balaban J connectivity index is 1.23. The molecule has 0 atom stereocenters. The number of carbonyl (C=O) groups excluding carboxylic acids is 1. The van der Waals surface area contributed by atoms with Gasteiger partial charge in [-0.05, 0) is 44.0 Å². The molecule has 0 amide bonds. The number of aromatic nitrogens is 3. The van der Waals surface area contributed by atoms with E-state index in [1.807, 2.05) is 29.7 Å².